The minimum Gasteiger partial charge on any atom is -0.425 e. The number of aryl methyl sites for hydroxylation is 2. The van der Waals surface area contributed by atoms with Crippen molar-refractivity contribution in [2.75, 3.05) is 0 Å². The van der Waals surface area contributed by atoms with Crippen molar-refractivity contribution >= 4 is 29.1 Å². The van der Waals surface area contributed by atoms with E-state index < -0.39 is 0 Å². The Morgan fingerprint density at radius 3 is 3.00 bits per heavy atom. The highest BCUT2D eigenvalue weighted by Gasteiger charge is 2.13. The van der Waals surface area contributed by atoms with E-state index in [1.54, 1.807) is 0 Å². The molecule has 0 fully saturated rings. The number of hydrogen-bond acceptors (Lipinski definition) is 3. The van der Waals surface area contributed by atoms with Crippen molar-refractivity contribution in [1.82, 2.24) is 9.55 Å². The van der Waals surface area contributed by atoms with E-state index in [0.29, 0.717) is 11.5 Å². The van der Waals surface area contributed by atoms with E-state index in [1.807, 2.05) is 24.7 Å². The smallest absolute Gasteiger partial charge is 0.298 e. The molecule has 4 nitrogen and oxygen atoms in total. The van der Waals surface area contributed by atoms with Crippen LogP contribution in [-0.4, -0.2) is 16.0 Å². The molecule has 2 heterocycles. The summed E-state index contributed by atoms with van der Waals surface area (Å²) < 4.78 is 6.60. The van der Waals surface area contributed by atoms with Crippen LogP contribution >= 0.6 is 11.6 Å². The molecule has 0 radical (unpaired) electrons. The number of rotatable bonds is 2. The maximum Gasteiger partial charge on any atom is 0.298 e. The molecular weight excluding hydrogens is 216 g/mol. The highest BCUT2D eigenvalue weighted by atomic mass is 35.5. The molecule has 0 unspecified atom stereocenters. The Kier molecular flexibility index (Phi) is 2.36. The Morgan fingerprint density at radius 1 is 1.60 bits per heavy atom. The Bertz CT molecular complexity index is 534. The number of halogens is 1. The number of fused-ring (bicyclic) bond motifs is 1. The molecule has 5 heteroatoms. The molecule has 15 heavy (non-hydrogen) atoms. The third-order valence-electron chi connectivity index (χ3n) is 2.25. The van der Waals surface area contributed by atoms with Crippen LogP contribution in [0.25, 0.3) is 11.0 Å². The predicted molar refractivity (Wildman–Crippen MR) is 57.2 cm³/mol. The molecule has 0 aliphatic heterocycles. The normalized spacial score (nSPS) is 10.6. The quantitative estimate of drug-likeness (QED) is 0.734. The molecule has 0 saturated carbocycles. The first-order valence-electron chi connectivity index (χ1n) is 4.35. The number of carbonyl (C=O) groups is 1. The van der Waals surface area contributed by atoms with Gasteiger partial charge in [0.2, 0.25) is 0 Å². The maximum atomic E-state index is 10.2. The van der Waals surface area contributed by atoms with Crippen LogP contribution in [0.5, 0.6) is 5.75 Å². The van der Waals surface area contributed by atoms with Crippen LogP contribution in [0.1, 0.15) is 5.56 Å². The maximum absolute atomic E-state index is 10.2. The Hall–Kier alpha value is -1.55. The van der Waals surface area contributed by atoms with Gasteiger partial charge in [0.1, 0.15) is 5.65 Å². The Labute approximate surface area is 91.4 Å². The van der Waals surface area contributed by atoms with Gasteiger partial charge in [0.05, 0.1) is 11.2 Å². The van der Waals surface area contributed by atoms with Crippen molar-refractivity contribution in [3.63, 3.8) is 0 Å². The van der Waals surface area contributed by atoms with Crippen molar-refractivity contribution in [3.8, 4) is 5.75 Å². The lowest BCUT2D eigenvalue weighted by Gasteiger charge is -2.02. The van der Waals surface area contributed by atoms with E-state index in [4.69, 9.17) is 16.3 Å². The third kappa shape index (κ3) is 1.47. The lowest BCUT2D eigenvalue weighted by Crippen LogP contribution is -1.93. The van der Waals surface area contributed by atoms with Crippen LogP contribution in [0, 0.1) is 6.92 Å². The van der Waals surface area contributed by atoms with Crippen molar-refractivity contribution in [1.29, 1.82) is 0 Å². The molecule has 0 saturated heterocycles. The van der Waals surface area contributed by atoms with Crippen LogP contribution in [0.3, 0.4) is 0 Å². The highest BCUT2D eigenvalue weighted by Crippen LogP contribution is 2.33. The topological polar surface area (TPSA) is 44.1 Å². The minimum absolute atomic E-state index is 0.286. The summed E-state index contributed by atoms with van der Waals surface area (Å²) in [4.78, 5) is 14.4. The Balaban J connectivity index is 2.77. The summed E-state index contributed by atoms with van der Waals surface area (Å²) in [5.41, 5.74) is 1.78. The zero-order valence-electron chi connectivity index (χ0n) is 8.32. The largest absolute Gasteiger partial charge is 0.425 e. The molecule has 78 valence electrons. The molecule has 2 aromatic rings. The summed E-state index contributed by atoms with van der Waals surface area (Å²) in [6.45, 7) is 2.27. The average molecular weight is 225 g/mol. The number of aromatic nitrogens is 2. The summed E-state index contributed by atoms with van der Waals surface area (Å²) in [5, 5.41) is 1.24. The second-order valence-corrected chi connectivity index (χ2v) is 3.65. The molecule has 0 aliphatic carbocycles. The van der Waals surface area contributed by atoms with Gasteiger partial charge in [-0.25, -0.2) is 4.98 Å². The first-order chi connectivity index (χ1) is 7.15. The molecule has 2 aromatic heterocycles. The summed E-state index contributed by atoms with van der Waals surface area (Å²) in [5.74, 6) is 0.286. The van der Waals surface area contributed by atoms with E-state index in [2.05, 4.69) is 4.98 Å². The van der Waals surface area contributed by atoms with Crippen LogP contribution in [0.15, 0.2) is 12.4 Å². The lowest BCUT2D eigenvalue weighted by atomic mass is 10.2. The fourth-order valence-electron chi connectivity index (χ4n) is 1.63. The van der Waals surface area contributed by atoms with Crippen molar-refractivity contribution in [3.05, 3.63) is 23.0 Å². The lowest BCUT2D eigenvalue weighted by molar-refractivity contribution is -0.120. The summed E-state index contributed by atoms with van der Waals surface area (Å²) in [6, 6.07) is 0. The number of pyridine rings is 1. The fourth-order valence-corrected chi connectivity index (χ4v) is 1.96. The number of carbonyl (C=O) groups excluding carboxylic acids is 1. The summed E-state index contributed by atoms with van der Waals surface area (Å²) >= 11 is 6.10. The molecule has 0 N–H and O–H groups in total. The number of nitrogens with zero attached hydrogens (tertiary/aromatic N) is 2. The second-order valence-electron chi connectivity index (χ2n) is 3.27. The first kappa shape index (κ1) is 9.98. The molecular formula is C10H9ClN2O2. The Morgan fingerprint density at radius 2 is 2.33 bits per heavy atom. The van der Waals surface area contributed by atoms with E-state index in [0.717, 1.165) is 16.6 Å². The first-order valence-corrected chi connectivity index (χ1v) is 4.73. The number of hydrogen-bond donors (Lipinski definition) is 0. The minimum atomic E-state index is 0.286. The molecule has 2 rings (SSSR count). The highest BCUT2D eigenvalue weighted by molar-refractivity contribution is 6.37. The van der Waals surface area contributed by atoms with Crippen LogP contribution in [-0.2, 0) is 11.8 Å². The summed E-state index contributed by atoms with van der Waals surface area (Å²) in [6.07, 6.45) is 3.37. The third-order valence-corrected chi connectivity index (χ3v) is 2.63. The van der Waals surface area contributed by atoms with E-state index >= 15 is 0 Å². The van der Waals surface area contributed by atoms with E-state index in [9.17, 15) is 4.79 Å². The van der Waals surface area contributed by atoms with Gasteiger partial charge in [0, 0.05) is 18.6 Å². The van der Waals surface area contributed by atoms with Crippen molar-refractivity contribution in [2.45, 2.75) is 6.92 Å². The molecule has 0 aromatic carbocycles. The van der Waals surface area contributed by atoms with Gasteiger partial charge in [-0.05, 0) is 12.5 Å². The van der Waals surface area contributed by atoms with Gasteiger partial charge in [-0.2, -0.15) is 0 Å². The van der Waals surface area contributed by atoms with Gasteiger partial charge < -0.3 is 9.30 Å². The molecule has 0 spiro atoms. The molecule has 0 bridgehead atoms. The second kappa shape index (κ2) is 3.55. The van der Waals surface area contributed by atoms with Gasteiger partial charge >= 0.3 is 0 Å². The summed E-state index contributed by atoms with van der Waals surface area (Å²) in [7, 11) is 1.89. The zero-order valence-corrected chi connectivity index (χ0v) is 9.08. The molecule has 0 amide bonds. The zero-order chi connectivity index (χ0) is 11.0. The van der Waals surface area contributed by atoms with Crippen LogP contribution in [0.2, 0.25) is 5.02 Å². The van der Waals surface area contributed by atoms with Crippen molar-refractivity contribution < 1.29 is 9.53 Å². The van der Waals surface area contributed by atoms with Crippen LogP contribution < -0.4 is 4.74 Å². The van der Waals surface area contributed by atoms with Gasteiger partial charge in [0.15, 0.2) is 5.75 Å². The monoisotopic (exact) mass is 224 g/mol. The van der Waals surface area contributed by atoms with E-state index in [-0.39, 0.29) is 5.75 Å². The SMILES string of the molecule is Cc1cn(C)c2ncc(OC=O)c(Cl)c12. The molecule has 0 aliphatic rings. The van der Waals surface area contributed by atoms with Gasteiger partial charge in [-0.1, -0.05) is 11.6 Å². The van der Waals surface area contributed by atoms with Crippen molar-refractivity contribution in [2.24, 2.45) is 7.05 Å². The molecule has 0 atom stereocenters. The van der Waals surface area contributed by atoms with Crippen LogP contribution in [0.4, 0.5) is 0 Å². The predicted octanol–water partition coefficient (Wildman–Crippen LogP) is 2.07. The van der Waals surface area contributed by atoms with Gasteiger partial charge in [-0.3, -0.25) is 4.79 Å². The standard InChI is InChI=1S/C10H9ClN2O2/c1-6-4-13(2)10-8(6)9(11)7(3-12-10)15-5-14/h3-5H,1-2H3. The van der Waals surface area contributed by atoms with E-state index in [1.165, 1.54) is 6.20 Å². The fraction of sp³-hybridized carbons (Fsp3) is 0.200. The van der Waals surface area contributed by atoms with Gasteiger partial charge in [0.25, 0.3) is 6.47 Å². The number of ether oxygens (including phenoxy) is 1. The average Bonchev–Trinajstić information content (AvgIpc) is 2.47. The van der Waals surface area contributed by atoms with Gasteiger partial charge in [-0.15, -0.1) is 0 Å².